The van der Waals surface area contributed by atoms with Crippen molar-refractivity contribution in [3.8, 4) is 11.3 Å². The number of piperazine rings is 1. The van der Waals surface area contributed by atoms with Crippen LogP contribution in [0.5, 0.6) is 0 Å². The average Bonchev–Trinajstić information content (AvgIpc) is 3.42. The highest BCUT2D eigenvalue weighted by Crippen LogP contribution is 2.32. The quantitative estimate of drug-likeness (QED) is 0.510. The molecule has 1 aromatic heterocycles. The molecule has 32 heavy (non-hydrogen) atoms. The van der Waals surface area contributed by atoms with Crippen molar-refractivity contribution in [2.75, 3.05) is 31.1 Å². The first-order chi connectivity index (χ1) is 15.5. The van der Waals surface area contributed by atoms with Crippen molar-refractivity contribution in [1.82, 2.24) is 4.90 Å². The Balaban J connectivity index is 1.23. The lowest BCUT2D eigenvalue weighted by Crippen LogP contribution is -2.47. The van der Waals surface area contributed by atoms with Crippen LogP contribution in [0.2, 0.25) is 0 Å². The fourth-order valence-corrected chi connectivity index (χ4v) is 4.89. The molecule has 6 heteroatoms. The Morgan fingerprint density at radius 3 is 2.41 bits per heavy atom. The lowest BCUT2D eigenvalue weighted by Gasteiger charge is -2.36. The van der Waals surface area contributed by atoms with Gasteiger partial charge in [-0.1, -0.05) is 42.0 Å². The smallest absolute Gasteiger partial charge is 0.286 e. The molecule has 2 aliphatic rings. The number of thioether (sulfide) groups is 1. The molecule has 162 valence electrons. The maximum atomic E-state index is 12.5. The Morgan fingerprint density at radius 1 is 0.906 bits per heavy atom. The molecule has 1 saturated heterocycles. The van der Waals surface area contributed by atoms with Crippen LogP contribution in [0, 0.1) is 13.8 Å². The van der Waals surface area contributed by atoms with E-state index in [2.05, 4.69) is 65.0 Å². The number of aliphatic imine (C=N–C) groups is 1. The van der Waals surface area contributed by atoms with Crippen molar-refractivity contribution in [1.29, 1.82) is 0 Å². The zero-order valence-electron chi connectivity index (χ0n) is 18.2. The van der Waals surface area contributed by atoms with Gasteiger partial charge in [0.2, 0.25) is 0 Å². The van der Waals surface area contributed by atoms with Crippen molar-refractivity contribution in [3.05, 3.63) is 82.5 Å². The molecule has 0 radical (unpaired) electrons. The van der Waals surface area contributed by atoms with E-state index in [1.54, 1.807) is 6.08 Å². The molecule has 2 aliphatic heterocycles. The highest BCUT2D eigenvalue weighted by Gasteiger charge is 2.28. The normalized spacial score (nSPS) is 17.9. The van der Waals surface area contributed by atoms with Crippen LogP contribution in [0.3, 0.4) is 0 Å². The predicted octanol–water partition coefficient (Wildman–Crippen LogP) is 5.36. The Kier molecular flexibility index (Phi) is 5.62. The molecule has 3 heterocycles. The van der Waals surface area contributed by atoms with Crippen molar-refractivity contribution in [3.63, 3.8) is 0 Å². The maximum absolute atomic E-state index is 12.5. The van der Waals surface area contributed by atoms with E-state index >= 15 is 0 Å². The van der Waals surface area contributed by atoms with Gasteiger partial charge < -0.3 is 14.2 Å². The molecule has 0 aliphatic carbocycles. The van der Waals surface area contributed by atoms with E-state index in [-0.39, 0.29) is 5.91 Å². The first-order valence-electron chi connectivity index (χ1n) is 10.8. The largest absolute Gasteiger partial charge is 0.457 e. The molecule has 0 N–H and O–H groups in total. The van der Waals surface area contributed by atoms with Crippen LogP contribution in [0.1, 0.15) is 16.9 Å². The van der Waals surface area contributed by atoms with E-state index in [0.29, 0.717) is 10.7 Å². The van der Waals surface area contributed by atoms with Crippen LogP contribution in [-0.2, 0) is 4.79 Å². The molecule has 0 atom stereocenters. The molecule has 0 unspecified atom stereocenters. The van der Waals surface area contributed by atoms with Gasteiger partial charge in [0.1, 0.15) is 11.5 Å². The Labute approximate surface area is 192 Å². The van der Waals surface area contributed by atoms with E-state index < -0.39 is 0 Å². The van der Waals surface area contributed by atoms with Gasteiger partial charge in [-0.25, -0.2) is 0 Å². The summed E-state index contributed by atoms with van der Waals surface area (Å²) in [6.45, 7) is 7.69. The van der Waals surface area contributed by atoms with Gasteiger partial charge in [0.15, 0.2) is 5.17 Å². The van der Waals surface area contributed by atoms with Gasteiger partial charge >= 0.3 is 0 Å². The molecule has 1 fully saturated rings. The highest BCUT2D eigenvalue weighted by atomic mass is 32.2. The van der Waals surface area contributed by atoms with E-state index in [1.165, 1.54) is 28.6 Å². The molecule has 0 bridgehead atoms. The van der Waals surface area contributed by atoms with Crippen molar-refractivity contribution in [2.24, 2.45) is 4.99 Å². The molecule has 0 spiro atoms. The van der Waals surface area contributed by atoms with Gasteiger partial charge in [-0.3, -0.25) is 4.79 Å². The molecular weight excluding hydrogens is 418 g/mol. The first-order valence-corrected chi connectivity index (χ1v) is 11.6. The second kappa shape index (κ2) is 8.71. The number of nitrogens with zero attached hydrogens (tertiary/aromatic N) is 3. The monoisotopic (exact) mass is 443 g/mol. The minimum absolute atomic E-state index is 0.195. The highest BCUT2D eigenvalue weighted by molar-refractivity contribution is 8.18. The van der Waals surface area contributed by atoms with Crippen LogP contribution < -0.4 is 4.90 Å². The number of carbonyl (C=O) groups is 1. The summed E-state index contributed by atoms with van der Waals surface area (Å²) >= 11 is 1.44. The second-order valence-corrected chi connectivity index (χ2v) is 9.20. The predicted molar refractivity (Wildman–Crippen MR) is 132 cm³/mol. The van der Waals surface area contributed by atoms with E-state index in [4.69, 9.17) is 4.42 Å². The number of amidine groups is 1. The fourth-order valence-electron chi connectivity index (χ4n) is 3.95. The topological polar surface area (TPSA) is 49.0 Å². The number of carbonyl (C=O) groups excluding carboxylic acids is 1. The number of amides is 1. The summed E-state index contributed by atoms with van der Waals surface area (Å²) in [6.07, 6.45) is 1.80. The molecular formula is C26H25N3O2S. The lowest BCUT2D eigenvalue weighted by atomic mass is 10.1. The summed E-state index contributed by atoms with van der Waals surface area (Å²) in [5.41, 5.74) is 4.75. The van der Waals surface area contributed by atoms with E-state index in [9.17, 15) is 4.79 Å². The molecule has 0 saturated carbocycles. The fraction of sp³-hybridized carbons (Fsp3) is 0.231. The van der Waals surface area contributed by atoms with Gasteiger partial charge in [-0.2, -0.15) is 4.99 Å². The zero-order chi connectivity index (χ0) is 22.1. The second-order valence-electron chi connectivity index (χ2n) is 8.19. The van der Waals surface area contributed by atoms with Crippen molar-refractivity contribution in [2.45, 2.75) is 13.8 Å². The van der Waals surface area contributed by atoms with Crippen LogP contribution in [-0.4, -0.2) is 42.2 Å². The number of furan rings is 1. The third-order valence-electron chi connectivity index (χ3n) is 5.76. The van der Waals surface area contributed by atoms with Crippen molar-refractivity contribution >= 4 is 34.6 Å². The van der Waals surface area contributed by atoms with Gasteiger partial charge in [-0.05, 0) is 55.4 Å². The van der Waals surface area contributed by atoms with E-state index in [1.807, 2.05) is 24.3 Å². The molecule has 2 aromatic carbocycles. The number of benzene rings is 2. The minimum atomic E-state index is -0.195. The molecule has 1 amide bonds. The number of rotatable bonds is 3. The van der Waals surface area contributed by atoms with Crippen LogP contribution in [0.4, 0.5) is 5.69 Å². The van der Waals surface area contributed by atoms with Crippen LogP contribution in [0.25, 0.3) is 17.4 Å². The average molecular weight is 444 g/mol. The number of anilines is 1. The minimum Gasteiger partial charge on any atom is -0.457 e. The van der Waals surface area contributed by atoms with Gasteiger partial charge in [0, 0.05) is 43.5 Å². The third-order valence-corrected chi connectivity index (χ3v) is 6.81. The maximum Gasteiger partial charge on any atom is 0.286 e. The van der Waals surface area contributed by atoms with E-state index in [0.717, 1.165) is 42.7 Å². The van der Waals surface area contributed by atoms with Gasteiger partial charge in [0.25, 0.3) is 5.91 Å². The third kappa shape index (κ3) is 4.36. The SMILES string of the molecule is Cc1ccc(-c2ccc(C=C3SC(N4CCN(c5cccc(C)c5)CC4)=NC3=O)o2)cc1. The summed E-state index contributed by atoms with van der Waals surface area (Å²) in [6, 6.07) is 20.6. The number of hydrogen-bond donors (Lipinski definition) is 0. The summed E-state index contributed by atoms with van der Waals surface area (Å²) in [7, 11) is 0. The van der Waals surface area contributed by atoms with Crippen molar-refractivity contribution < 1.29 is 9.21 Å². The Bertz CT molecular complexity index is 1200. The lowest BCUT2D eigenvalue weighted by molar-refractivity contribution is -0.113. The van der Waals surface area contributed by atoms with Gasteiger partial charge in [0.05, 0.1) is 4.91 Å². The zero-order valence-corrected chi connectivity index (χ0v) is 19.1. The summed E-state index contributed by atoms with van der Waals surface area (Å²) in [4.78, 5) is 22.0. The standard InChI is InChI=1S/C26H25N3O2S/c1-18-6-8-20(9-7-18)23-11-10-22(31-23)17-24-25(30)27-26(32-24)29-14-12-28(13-15-29)21-5-3-4-19(2)16-21/h3-11,16-17H,12-15H2,1-2H3. The van der Waals surface area contributed by atoms with Crippen LogP contribution in [0.15, 0.2) is 75.0 Å². The van der Waals surface area contributed by atoms with Gasteiger partial charge in [-0.15, -0.1) is 0 Å². The number of aryl methyl sites for hydroxylation is 2. The molecule has 5 rings (SSSR count). The molecule has 3 aromatic rings. The summed E-state index contributed by atoms with van der Waals surface area (Å²) in [5.74, 6) is 1.26. The van der Waals surface area contributed by atoms with Crippen LogP contribution >= 0.6 is 11.8 Å². The summed E-state index contributed by atoms with van der Waals surface area (Å²) < 4.78 is 5.96. The summed E-state index contributed by atoms with van der Waals surface area (Å²) in [5, 5.41) is 0.787. The molecule has 5 nitrogen and oxygen atoms in total. The first kappa shape index (κ1) is 20.6. The number of hydrogen-bond acceptors (Lipinski definition) is 5. The Morgan fingerprint density at radius 2 is 1.66 bits per heavy atom. The Hall–Kier alpha value is -3.25.